The molecular formula is C26H32F3N3O11. The number of non-ortho nitro benzene ring substituents is 1. The van der Waals surface area contributed by atoms with E-state index in [0.29, 0.717) is 52.3 Å². The first-order chi connectivity index (χ1) is 20.7. The molecule has 0 aliphatic carbocycles. The van der Waals surface area contributed by atoms with Crippen molar-refractivity contribution in [2.75, 3.05) is 84.6 Å². The number of alkyl halides is 3. The summed E-state index contributed by atoms with van der Waals surface area (Å²) in [4.78, 5) is 20.5. The molecule has 1 aliphatic heterocycles. The molecule has 17 heteroatoms. The molecule has 0 spiro atoms. The number of rotatable bonds is 7. The average molecular weight is 620 g/mol. The Morgan fingerprint density at radius 3 is 1.93 bits per heavy atom. The van der Waals surface area contributed by atoms with Gasteiger partial charge in [-0.2, -0.15) is 13.2 Å². The molecule has 14 nitrogen and oxygen atoms in total. The zero-order chi connectivity index (χ0) is 31.1. The van der Waals surface area contributed by atoms with E-state index < -0.39 is 44.8 Å². The molecule has 2 aromatic carbocycles. The highest BCUT2D eigenvalue weighted by Crippen LogP contribution is 2.44. The number of anilines is 2. The van der Waals surface area contributed by atoms with E-state index in [1.54, 1.807) is 6.07 Å². The minimum absolute atomic E-state index is 0.0445. The third kappa shape index (κ3) is 11.5. The van der Waals surface area contributed by atoms with Gasteiger partial charge in [0.15, 0.2) is 0 Å². The van der Waals surface area contributed by atoms with Gasteiger partial charge in [-0.15, -0.1) is 0 Å². The molecule has 0 saturated carbocycles. The zero-order valence-electron chi connectivity index (χ0n) is 23.0. The van der Waals surface area contributed by atoms with E-state index in [0.717, 1.165) is 0 Å². The van der Waals surface area contributed by atoms with Gasteiger partial charge in [-0.05, 0) is 12.1 Å². The Morgan fingerprint density at radius 2 is 1.37 bits per heavy atom. The average Bonchev–Trinajstić information content (AvgIpc) is 2.96. The van der Waals surface area contributed by atoms with Crippen molar-refractivity contribution in [3.05, 3.63) is 62.2 Å². The van der Waals surface area contributed by atoms with Crippen LogP contribution in [0.5, 0.6) is 5.75 Å². The van der Waals surface area contributed by atoms with Gasteiger partial charge in [-0.1, -0.05) is 12.1 Å². The molecule has 1 atom stereocenters. The lowest BCUT2D eigenvalue weighted by molar-refractivity contribution is -0.394. The molecule has 1 aliphatic rings. The van der Waals surface area contributed by atoms with Crippen LogP contribution in [0.15, 0.2) is 36.4 Å². The monoisotopic (exact) mass is 619 g/mol. The van der Waals surface area contributed by atoms with Gasteiger partial charge in [0.2, 0.25) is 0 Å². The van der Waals surface area contributed by atoms with Crippen molar-refractivity contribution in [2.24, 2.45) is 0 Å². The second-order valence-corrected chi connectivity index (χ2v) is 8.85. The Kier molecular flexibility index (Phi) is 13.8. The molecule has 43 heavy (non-hydrogen) atoms. The highest BCUT2D eigenvalue weighted by atomic mass is 19.4. The maximum Gasteiger partial charge on any atom is 0.418 e. The lowest BCUT2D eigenvalue weighted by atomic mass is 10.1. The fraction of sp³-hybridized carbons (Fsp3) is 0.538. The van der Waals surface area contributed by atoms with E-state index in [2.05, 4.69) is 5.32 Å². The second-order valence-electron chi connectivity index (χ2n) is 8.85. The van der Waals surface area contributed by atoms with E-state index in [1.807, 2.05) is 0 Å². The van der Waals surface area contributed by atoms with Gasteiger partial charge in [-0.3, -0.25) is 20.2 Å². The van der Waals surface area contributed by atoms with Gasteiger partial charge in [0.25, 0.3) is 11.4 Å². The Balaban J connectivity index is 1.74. The van der Waals surface area contributed by atoms with E-state index >= 15 is 0 Å². The van der Waals surface area contributed by atoms with Crippen molar-refractivity contribution >= 4 is 22.7 Å². The molecular weight excluding hydrogens is 587 g/mol. The number of nitro benzene ring substituents is 2. The predicted octanol–water partition coefficient (Wildman–Crippen LogP) is 4.13. The van der Waals surface area contributed by atoms with Gasteiger partial charge >= 0.3 is 6.18 Å². The van der Waals surface area contributed by atoms with E-state index in [-0.39, 0.29) is 50.5 Å². The Bertz CT molecular complexity index is 1170. The largest absolute Gasteiger partial charge is 0.489 e. The van der Waals surface area contributed by atoms with Gasteiger partial charge in [0.05, 0.1) is 99.8 Å². The summed E-state index contributed by atoms with van der Waals surface area (Å²) >= 11 is 0. The number of benzene rings is 2. The summed E-state index contributed by atoms with van der Waals surface area (Å²) in [5.41, 5.74) is -4.81. The van der Waals surface area contributed by atoms with Crippen LogP contribution in [0.3, 0.4) is 0 Å². The molecule has 0 amide bonds. The van der Waals surface area contributed by atoms with Crippen LogP contribution in [0.1, 0.15) is 5.56 Å². The third-order valence-corrected chi connectivity index (χ3v) is 5.76. The summed E-state index contributed by atoms with van der Waals surface area (Å²) in [7, 11) is 0. The highest BCUT2D eigenvalue weighted by molar-refractivity contribution is 5.78. The van der Waals surface area contributed by atoms with Crippen LogP contribution < -0.4 is 10.1 Å². The summed E-state index contributed by atoms with van der Waals surface area (Å²) in [6.07, 6.45) is -5.78. The summed E-state index contributed by atoms with van der Waals surface area (Å²) in [5, 5.41) is 25.2. The van der Waals surface area contributed by atoms with E-state index in [9.17, 15) is 33.4 Å². The topological polar surface area (TPSA) is 163 Å². The lowest BCUT2D eigenvalue weighted by Crippen LogP contribution is -2.29. The molecule has 1 saturated heterocycles. The third-order valence-electron chi connectivity index (χ3n) is 5.76. The number of para-hydroxylation sites is 2. The van der Waals surface area contributed by atoms with Gasteiger partial charge in [0.1, 0.15) is 24.1 Å². The van der Waals surface area contributed by atoms with Crippen molar-refractivity contribution < 1.29 is 56.2 Å². The van der Waals surface area contributed by atoms with Crippen LogP contribution in [-0.2, 0) is 34.6 Å². The summed E-state index contributed by atoms with van der Waals surface area (Å²) in [5.74, 6) is 0.0445. The number of nitro groups is 2. The van der Waals surface area contributed by atoms with Crippen LogP contribution in [0.4, 0.5) is 35.9 Å². The molecule has 1 unspecified atom stereocenters. The van der Waals surface area contributed by atoms with Gasteiger partial charge in [-0.25, -0.2) is 0 Å². The fourth-order valence-electron chi connectivity index (χ4n) is 3.74. The predicted molar refractivity (Wildman–Crippen MR) is 144 cm³/mol. The molecule has 0 aromatic heterocycles. The molecule has 0 radical (unpaired) electrons. The first kappa shape index (κ1) is 33.9. The Labute approximate surface area is 244 Å². The number of nitrogens with one attached hydrogen (secondary N) is 1. The van der Waals surface area contributed by atoms with Crippen LogP contribution in [0.25, 0.3) is 0 Å². The smallest absolute Gasteiger partial charge is 0.418 e. The van der Waals surface area contributed by atoms with Crippen LogP contribution in [-0.4, -0.2) is 95.2 Å². The number of hydrogen-bond donors (Lipinski definition) is 1. The quantitative estimate of drug-likeness (QED) is 0.349. The number of nitrogens with zero attached hydrogens (tertiary/aromatic N) is 2. The lowest BCUT2D eigenvalue weighted by Gasteiger charge is -2.21. The maximum atomic E-state index is 13.9. The van der Waals surface area contributed by atoms with Crippen LogP contribution >= 0.6 is 0 Å². The molecule has 2 aromatic rings. The first-order valence-corrected chi connectivity index (χ1v) is 13.2. The Hall–Kier alpha value is -3.61. The zero-order valence-corrected chi connectivity index (χ0v) is 23.0. The normalized spacial score (nSPS) is 18.6. The molecule has 0 bridgehead atoms. The summed E-state index contributed by atoms with van der Waals surface area (Å²) in [6.45, 7) is 3.34. The number of hydrogen-bond acceptors (Lipinski definition) is 12. The number of ether oxygens (including phenoxy) is 7. The van der Waals surface area contributed by atoms with E-state index in [4.69, 9.17) is 33.2 Å². The van der Waals surface area contributed by atoms with Crippen LogP contribution in [0.2, 0.25) is 0 Å². The second kappa shape index (κ2) is 17.5. The van der Waals surface area contributed by atoms with E-state index in [1.165, 1.54) is 18.2 Å². The van der Waals surface area contributed by atoms with Gasteiger partial charge in [0, 0.05) is 6.07 Å². The highest BCUT2D eigenvalue weighted by Gasteiger charge is 2.40. The van der Waals surface area contributed by atoms with Crippen LogP contribution in [0, 0.1) is 20.2 Å². The van der Waals surface area contributed by atoms with Crippen molar-refractivity contribution in [1.29, 1.82) is 0 Å². The molecule has 1 fully saturated rings. The number of halogens is 3. The molecule has 1 heterocycles. The fourth-order valence-corrected chi connectivity index (χ4v) is 3.74. The minimum Gasteiger partial charge on any atom is -0.489 e. The molecule has 238 valence electrons. The van der Waals surface area contributed by atoms with Crippen molar-refractivity contribution in [1.82, 2.24) is 0 Å². The minimum atomic E-state index is -5.15. The van der Waals surface area contributed by atoms with Crippen molar-refractivity contribution in [2.45, 2.75) is 12.3 Å². The first-order valence-electron chi connectivity index (χ1n) is 13.2. The Morgan fingerprint density at radius 1 is 0.814 bits per heavy atom. The maximum absolute atomic E-state index is 13.9. The summed E-state index contributed by atoms with van der Waals surface area (Å²) in [6, 6.07) is 6.50. The molecule has 3 rings (SSSR count). The van der Waals surface area contributed by atoms with Gasteiger partial charge < -0.3 is 38.5 Å². The molecule has 1 N–H and O–H groups in total. The van der Waals surface area contributed by atoms with Crippen molar-refractivity contribution in [3.63, 3.8) is 0 Å². The summed E-state index contributed by atoms with van der Waals surface area (Å²) < 4.78 is 80.6. The SMILES string of the molecule is O=[N+]([O-])c1cc([N+](=O)[O-])c(Nc2ccccc2OCC2COCCOCCOCCOCCOCCO2)c(C(F)(F)F)c1. The standard InChI is InChI=1S/C26H32F3N3O11/c27-26(28,29)21-15-19(31(33)34)16-23(32(35)36)25(21)30-22-3-1-2-4-24(22)43-18-20-17-41-12-11-39-8-7-37-5-6-38-9-10-40-13-14-42-20/h1-4,15-16,20,30H,5-14,17-18H2. The van der Waals surface area contributed by atoms with Crippen molar-refractivity contribution in [3.8, 4) is 5.75 Å².